The molecule has 0 amide bonds. The van der Waals surface area contributed by atoms with Crippen LogP contribution in [0.1, 0.15) is 10.4 Å². The number of hydrogen-bond acceptors (Lipinski definition) is 3. The monoisotopic (exact) mass is 264 g/mol. The summed E-state index contributed by atoms with van der Waals surface area (Å²) in [6.45, 7) is 0.453. The lowest BCUT2D eigenvalue weighted by Gasteiger charge is -2.12. The van der Waals surface area contributed by atoms with Gasteiger partial charge in [-0.25, -0.2) is 0 Å². The van der Waals surface area contributed by atoms with Gasteiger partial charge in [0.2, 0.25) is 0 Å². The molecular formula is C11H11ClF2O3. The summed E-state index contributed by atoms with van der Waals surface area (Å²) >= 11 is 4.69. The van der Waals surface area contributed by atoms with E-state index in [0.29, 0.717) is 6.61 Å². The lowest BCUT2D eigenvalue weighted by Crippen LogP contribution is -2.22. The summed E-state index contributed by atoms with van der Waals surface area (Å²) in [5.74, 6) is -1.41. The first-order valence-corrected chi connectivity index (χ1v) is 5.17. The van der Waals surface area contributed by atoms with E-state index < -0.39 is 11.2 Å². The Balaban J connectivity index is 2.88. The maximum atomic E-state index is 12.7. The van der Waals surface area contributed by atoms with Crippen LogP contribution in [0.25, 0.3) is 0 Å². The number of benzene rings is 1. The summed E-state index contributed by atoms with van der Waals surface area (Å²) in [4.78, 5) is 11.3. The van der Waals surface area contributed by atoms with Crippen LogP contribution in [0, 0.1) is 0 Å². The van der Waals surface area contributed by atoms with Gasteiger partial charge in [0, 0.05) is 7.11 Å². The summed E-state index contributed by atoms with van der Waals surface area (Å²) in [5, 5.41) is -3.93. The summed E-state index contributed by atoms with van der Waals surface area (Å²) in [7, 11) is 1.48. The van der Waals surface area contributed by atoms with Gasteiger partial charge >= 0.3 is 5.38 Å². The smallest absolute Gasteiger partial charge is 0.385 e. The highest BCUT2D eigenvalue weighted by Crippen LogP contribution is 2.29. The number of carbonyl (C=O) groups excluding carboxylic acids is 1. The highest BCUT2D eigenvalue weighted by atomic mass is 35.5. The SMILES string of the molecule is COCCOc1ccccc1C(=O)C(F)(F)Cl. The molecule has 0 bridgehead atoms. The lowest BCUT2D eigenvalue weighted by molar-refractivity contribution is 0.0530. The van der Waals surface area contributed by atoms with Crippen molar-refractivity contribution in [2.24, 2.45) is 0 Å². The van der Waals surface area contributed by atoms with Crippen LogP contribution in [0.15, 0.2) is 24.3 Å². The first-order valence-electron chi connectivity index (χ1n) is 4.79. The average Bonchev–Trinajstić information content (AvgIpc) is 2.28. The summed E-state index contributed by atoms with van der Waals surface area (Å²) in [5.41, 5.74) is -0.247. The van der Waals surface area contributed by atoms with Crippen molar-refractivity contribution in [2.45, 2.75) is 5.38 Å². The van der Waals surface area contributed by atoms with Crippen LogP contribution in [0.5, 0.6) is 5.75 Å². The molecule has 0 atom stereocenters. The number of methoxy groups -OCH3 is 1. The molecule has 0 unspecified atom stereocenters. The van der Waals surface area contributed by atoms with Crippen molar-refractivity contribution < 1.29 is 23.0 Å². The molecule has 1 aromatic rings. The van der Waals surface area contributed by atoms with E-state index in [4.69, 9.17) is 9.47 Å². The third-order valence-corrected chi connectivity index (χ3v) is 2.11. The molecule has 0 radical (unpaired) electrons. The standard InChI is InChI=1S/C11H11ClF2O3/c1-16-6-7-17-9-5-3-2-4-8(9)10(15)11(12,13)14/h2-5H,6-7H2,1H3. The van der Waals surface area contributed by atoms with Gasteiger partial charge in [0.1, 0.15) is 12.4 Å². The fraction of sp³-hybridized carbons (Fsp3) is 0.364. The molecule has 1 rings (SSSR count). The second kappa shape index (κ2) is 5.93. The Hall–Kier alpha value is -1.20. The third-order valence-electron chi connectivity index (χ3n) is 1.93. The van der Waals surface area contributed by atoms with Gasteiger partial charge in [0.15, 0.2) is 0 Å². The Kier molecular flexibility index (Phi) is 4.84. The largest absolute Gasteiger partial charge is 0.490 e. The zero-order valence-corrected chi connectivity index (χ0v) is 9.84. The molecule has 0 aromatic heterocycles. The molecule has 0 heterocycles. The van der Waals surface area contributed by atoms with E-state index in [2.05, 4.69) is 11.6 Å². The van der Waals surface area contributed by atoms with Crippen molar-refractivity contribution in [3.63, 3.8) is 0 Å². The molecule has 94 valence electrons. The minimum atomic E-state index is -3.93. The molecule has 0 fully saturated rings. The van der Waals surface area contributed by atoms with E-state index >= 15 is 0 Å². The maximum Gasteiger partial charge on any atom is 0.385 e. The highest BCUT2D eigenvalue weighted by molar-refractivity contribution is 6.35. The Labute approximate surface area is 102 Å². The molecule has 0 saturated carbocycles. The zero-order valence-electron chi connectivity index (χ0n) is 9.08. The summed E-state index contributed by atoms with van der Waals surface area (Å²) in [6, 6.07) is 5.69. The molecule has 0 aliphatic heterocycles. The predicted octanol–water partition coefficient (Wildman–Crippen LogP) is 2.73. The Bertz CT molecular complexity index is 391. The number of carbonyl (C=O) groups is 1. The quantitative estimate of drug-likeness (QED) is 0.450. The van der Waals surface area contributed by atoms with Gasteiger partial charge in [-0.15, -0.1) is 0 Å². The first-order chi connectivity index (χ1) is 7.96. The summed E-state index contributed by atoms with van der Waals surface area (Å²) in [6.07, 6.45) is 0. The van der Waals surface area contributed by atoms with Crippen LogP contribution >= 0.6 is 11.6 Å². The van der Waals surface area contributed by atoms with Crippen LogP contribution in [0.3, 0.4) is 0 Å². The number of Topliss-reactive ketones (excluding diaryl/α,β-unsaturated/α-hetero) is 1. The van der Waals surface area contributed by atoms with Gasteiger partial charge in [-0.3, -0.25) is 4.79 Å². The first kappa shape index (κ1) is 13.9. The molecule has 17 heavy (non-hydrogen) atoms. The van der Waals surface area contributed by atoms with Gasteiger partial charge < -0.3 is 9.47 Å². The number of ketones is 1. The van der Waals surface area contributed by atoms with E-state index in [1.165, 1.54) is 25.3 Å². The maximum absolute atomic E-state index is 12.7. The van der Waals surface area contributed by atoms with Crippen molar-refractivity contribution in [2.75, 3.05) is 20.3 Å². The lowest BCUT2D eigenvalue weighted by atomic mass is 10.1. The normalized spacial score (nSPS) is 11.3. The minimum absolute atomic E-state index is 0.0647. The van der Waals surface area contributed by atoms with Gasteiger partial charge in [-0.1, -0.05) is 12.1 Å². The predicted molar refractivity (Wildman–Crippen MR) is 58.9 cm³/mol. The molecule has 0 spiro atoms. The van der Waals surface area contributed by atoms with Gasteiger partial charge in [-0.05, 0) is 23.7 Å². The van der Waals surface area contributed by atoms with Crippen molar-refractivity contribution in [3.05, 3.63) is 29.8 Å². The average molecular weight is 265 g/mol. The Morgan fingerprint density at radius 3 is 2.59 bits per heavy atom. The van der Waals surface area contributed by atoms with Crippen molar-refractivity contribution in [3.8, 4) is 5.75 Å². The zero-order chi connectivity index (χ0) is 12.9. The highest BCUT2D eigenvalue weighted by Gasteiger charge is 2.38. The van der Waals surface area contributed by atoms with E-state index in [1.54, 1.807) is 6.07 Å². The van der Waals surface area contributed by atoms with Crippen LogP contribution in [-0.2, 0) is 4.74 Å². The van der Waals surface area contributed by atoms with E-state index in [-0.39, 0.29) is 17.9 Å². The van der Waals surface area contributed by atoms with Crippen LogP contribution in [0.4, 0.5) is 8.78 Å². The number of alkyl halides is 3. The topological polar surface area (TPSA) is 35.5 Å². The van der Waals surface area contributed by atoms with E-state index in [1.807, 2.05) is 0 Å². The van der Waals surface area contributed by atoms with Crippen molar-refractivity contribution in [1.29, 1.82) is 0 Å². The second-order valence-electron chi connectivity index (χ2n) is 3.16. The molecule has 1 aromatic carbocycles. The van der Waals surface area contributed by atoms with Crippen molar-refractivity contribution >= 4 is 17.4 Å². The Morgan fingerprint density at radius 2 is 2.00 bits per heavy atom. The van der Waals surface area contributed by atoms with Gasteiger partial charge in [0.25, 0.3) is 5.78 Å². The number of para-hydroxylation sites is 1. The van der Waals surface area contributed by atoms with Gasteiger partial charge in [0.05, 0.1) is 12.2 Å². The second-order valence-corrected chi connectivity index (χ2v) is 3.64. The molecule has 0 aliphatic rings. The fourth-order valence-corrected chi connectivity index (χ4v) is 1.27. The van der Waals surface area contributed by atoms with E-state index in [0.717, 1.165) is 0 Å². The van der Waals surface area contributed by atoms with Crippen LogP contribution in [0.2, 0.25) is 0 Å². The molecule has 6 heteroatoms. The molecule has 0 N–H and O–H groups in total. The fourth-order valence-electron chi connectivity index (χ4n) is 1.17. The van der Waals surface area contributed by atoms with Gasteiger partial charge in [-0.2, -0.15) is 8.78 Å². The molecule has 0 aliphatic carbocycles. The molecular weight excluding hydrogens is 254 g/mol. The molecule has 3 nitrogen and oxygen atoms in total. The van der Waals surface area contributed by atoms with Crippen molar-refractivity contribution in [1.82, 2.24) is 0 Å². The number of ether oxygens (including phenoxy) is 2. The van der Waals surface area contributed by atoms with E-state index in [9.17, 15) is 13.6 Å². The Morgan fingerprint density at radius 1 is 1.35 bits per heavy atom. The summed E-state index contributed by atoms with van der Waals surface area (Å²) < 4.78 is 35.3. The number of hydrogen-bond donors (Lipinski definition) is 0. The van der Waals surface area contributed by atoms with Crippen LogP contribution in [-0.4, -0.2) is 31.5 Å². The third kappa shape index (κ3) is 3.94. The number of rotatable bonds is 6. The molecule has 0 saturated heterocycles. The number of halogens is 3. The minimum Gasteiger partial charge on any atom is -0.490 e. The van der Waals surface area contributed by atoms with Crippen LogP contribution < -0.4 is 4.74 Å².